The number of carbonyl (C=O) groups excluding carboxylic acids is 2. The average Bonchev–Trinajstić information content (AvgIpc) is 3.14. The Morgan fingerprint density at radius 3 is 2.27 bits per heavy atom. The number of ether oxygens (including phenoxy) is 1. The van der Waals surface area contributed by atoms with Crippen LogP contribution in [0.15, 0.2) is 65.6 Å². The van der Waals surface area contributed by atoms with Crippen LogP contribution in [0.1, 0.15) is 48.5 Å². The van der Waals surface area contributed by atoms with Gasteiger partial charge >= 0.3 is 6.09 Å². The van der Waals surface area contributed by atoms with E-state index in [0.29, 0.717) is 41.5 Å². The van der Waals surface area contributed by atoms with Gasteiger partial charge in [-0.1, -0.05) is 42.5 Å². The number of sulfonamides is 1. The lowest BCUT2D eigenvalue weighted by Crippen LogP contribution is -2.52. The van der Waals surface area contributed by atoms with Gasteiger partial charge in [0.2, 0.25) is 10.0 Å². The van der Waals surface area contributed by atoms with Crippen molar-refractivity contribution in [3.05, 3.63) is 71.8 Å². The summed E-state index contributed by atoms with van der Waals surface area (Å²) >= 11 is 0. The van der Waals surface area contributed by atoms with Gasteiger partial charge in [0, 0.05) is 40.1 Å². The Labute approximate surface area is 217 Å². The molecule has 3 aromatic rings. The number of piperidine rings is 1. The molecule has 0 aliphatic carbocycles. The SMILES string of the molecule is CCOC(=O)N1[C@@H]2CC[C@H]1CC(NS(=O)(=O)c1ccc(NC(=O)c3ccccc3C)c3ccccc13)C2. The average molecular weight is 522 g/mol. The molecule has 2 amide bonds. The first-order valence-corrected chi connectivity index (χ1v) is 14.1. The van der Waals surface area contributed by atoms with Crippen LogP contribution in [0.5, 0.6) is 0 Å². The summed E-state index contributed by atoms with van der Waals surface area (Å²) in [7, 11) is -3.86. The third kappa shape index (κ3) is 4.93. The van der Waals surface area contributed by atoms with Gasteiger partial charge in [-0.15, -0.1) is 0 Å². The van der Waals surface area contributed by atoms with E-state index in [9.17, 15) is 18.0 Å². The molecule has 3 atom stereocenters. The second-order valence-electron chi connectivity index (χ2n) is 9.71. The summed E-state index contributed by atoms with van der Waals surface area (Å²) < 4.78 is 35.2. The van der Waals surface area contributed by atoms with E-state index >= 15 is 0 Å². The molecule has 2 bridgehead atoms. The van der Waals surface area contributed by atoms with Crippen molar-refractivity contribution in [3.63, 3.8) is 0 Å². The highest BCUT2D eigenvalue weighted by Gasteiger charge is 2.45. The highest BCUT2D eigenvalue weighted by atomic mass is 32.2. The van der Waals surface area contributed by atoms with Gasteiger partial charge in [-0.3, -0.25) is 4.79 Å². The summed E-state index contributed by atoms with van der Waals surface area (Å²) in [6, 6.07) is 17.3. The Hall–Kier alpha value is -3.43. The maximum absolute atomic E-state index is 13.6. The van der Waals surface area contributed by atoms with Crippen LogP contribution >= 0.6 is 0 Å². The summed E-state index contributed by atoms with van der Waals surface area (Å²) in [5.74, 6) is -0.249. The fraction of sp³-hybridized carbons (Fsp3) is 0.357. The number of aryl methyl sites for hydroxylation is 1. The number of nitrogens with one attached hydrogen (secondary N) is 2. The lowest BCUT2D eigenvalue weighted by atomic mass is 9.99. The molecule has 37 heavy (non-hydrogen) atoms. The summed E-state index contributed by atoms with van der Waals surface area (Å²) in [5.41, 5.74) is 1.97. The minimum atomic E-state index is -3.86. The van der Waals surface area contributed by atoms with Gasteiger partial charge in [0.15, 0.2) is 0 Å². The molecule has 8 nitrogen and oxygen atoms in total. The van der Waals surface area contributed by atoms with Crippen molar-refractivity contribution < 1.29 is 22.7 Å². The van der Waals surface area contributed by atoms with Crippen molar-refractivity contribution in [2.45, 2.75) is 62.6 Å². The first kappa shape index (κ1) is 25.2. The maximum atomic E-state index is 13.6. The second kappa shape index (κ2) is 10.1. The molecule has 3 aromatic carbocycles. The van der Waals surface area contributed by atoms with E-state index in [1.165, 1.54) is 0 Å². The fourth-order valence-corrected chi connectivity index (χ4v) is 7.16. The molecular formula is C28H31N3O5S. The van der Waals surface area contributed by atoms with Gasteiger partial charge in [-0.2, -0.15) is 0 Å². The molecule has 194 valence electrons. The zero-order chi connectivity index (χ0) is 26.2. The number of nitrogens with zero attached hydrogens (tertiary/aromatic N) is 1. The Morgan fingerprint density at radius 1 is 0.946 bits per heavy atom. The van der Waals surface area contributed by atoms with E-state index in [0.717, 1.165) is 18.4 Å². The monoisotopic (exact) mass is 521 g/mol. The number of hydrogen-bond acceptors (Lipinski definition) is 5. The zero-order valence-corrected chi connectivity index (χ0v) is 21.8. The highest BCUT2D eigenvalue weighted by Crippen LogP contribution is 2.37. The summed E-state index contributed by atoms with van der Waals surface area (Å²) in [6.45, 7) is 3.97. The molecule has 5 rings (SSSR count). The van der Waals surface area contributed by atoms with Crippen molar-refractivity contribution in [3.8, 4) is 0 Å². The number of benzene rings is 3. The maximum Gasteiger partial charge on any atom is 0.410 e. The molecule has 2 saturated heterocycles. The van der Waals surface area contributed by atoms with Crippen molar-refractivity contribution in [2.24, 2.45) is 0 Å². The minimum Gasteiger partial charge on any atom is -0.450 e. The first-order valence-electron chi connectivity index (χ1n) is 12.6. The number of carbonyl (C=O) groups is 2. The van der Waals surface area contributed by atoms with Crippen LogP contribution in [0.4, 0.5) is 10.5 Å². The van der Waals surface area contributed by atoms with Crippen LogP contribution in [-0.4, -0.2) is 50.1 Å². The van der Waals surface area contributed by atoms with Crippen molar-refractivity contribution in [1.29, 1.82) is 0 Å². The number of amides is 2. The van der Waals surface area contributed by atoms with Crippen LogP contribution in [0.2, 0.25) is 0 Å². The van der Waals surface area contributed by atoms with Gasteiger partial charge in [-0.25, -0.2) is 17.9 Å². The van der Waals surface area contributed by atoms with Gasteiger partial charge in [0.25, 0.3) is 5.91 Å². The molecule has 0 spiro atoms. The van der Waals surface area contributed by atoms with Crippen LogP contribution < -0.4 is 10.0 Å². The predicted molar refractivity (Wildman–Crippen MR) is 142 cm³/mol. The highest BCUT2D eigenvalue weighted by molar-refractivity contribution is 7.89. The normalized spacial score (nSPS) is 21.1. The van der Waals surface area contributed by atoms with Crippen molar-refractivity contribution in [2.75, 3.05) is 11.9 Å². The lowest BCUT2D eigenvalue weighted by Gasteiger charge is -2.38. The van der Waals surface area contributed by atoms with Gasteiger partial charge in [0.05, 0.1) is 11.5 Å². The van der Waals surface area contributed by atoms with Gasteiger partial charge < -0.3 is 15.0 Å². The molecule has 1 unspecified atom stereocenters. The van der Waals surface area contributed by atoms with E-state index in [-0.39, 0.29) is 35.0 Å². The molecule has 2 aliphatic rings. The van der Waals surface area contributed by atoms with Gasteiger partial charge in [0.1, 0.15) is 0 Å². The first-order chi connectivity index (χ1) is 17.8. The minimum absolute atomic E-state index is 0.0266. The lowest BCUT2D eigenvalue weighted by molar-refractivity contribution is 0.0682. The third-order valence-electron chi connectivity index (χ3n) is 7.35. The predicted octanol–water partition coefficient (Wildman–Crippen LogP) is 4.83. The fourth-order valence-electron chi connectivity index (χ4n) is 5.68. The van der Waals surface area contributed by atoms with Crippen LogP contribution in [-0.2, 0) is 14.8 Å². The number of anilines is 1. The van der Waals surface area contributed by atoms with Crippen molar-refractivity contribution >= 4 is 38.5 Å². The molecule has 0 radical (unpaired) electrons. The standard InChI is InChI=1S/C28H31N3O5S/c1-3-36-28(33)31-20-12-13-21(31)17-19(16-20)30-37(34,35)26-15-14-25(23-10-6-7-11-24(23)26)29-27(32)22-9-5-4-8-18(22)2/h4-11,14-15,19-21,30H,3,12-13,16-17H2,1-2H3,(H,29,32)/t19?,20-,21+. The Bertz CT molecular complexity index is 1440. The molecular weight excluding hydrogens is 490 g/mol. The second-order valence-corrected chi connectivity index (χ2v) is 11.4. The quantitative estimate of drug-likeness (QED) is 0.483. The van der Waals surface area contributed by atoms with Gasteiger partial charge in [-0.05, 0) is 63.3 Å². The van der Waals surface area contributed by atoms with Crippen molar-refractivity contribution in [1.82, 2.24) is 9.62 Å². The van der Waals surface area contributed by atoms with E-state index in [1.807, 2.05) is 31.2 Å². The molecule has 2 fully saturated rings. The Kier molecular flexibility index (Phi) is 6.92. The van der Waals surface area contributed by atoms with E-state index in [4.69, 9.17) is 4.74 Å². The van der Waals surface area contributed by atoms with Crippen LogP contribution in [0.3, 0.4) is 0 Å². The smallest absolute Gasteiger partial charge is 0.410 e. The van der Waals surface area contributed by atoms with E-state index in [1.54, 1.807) is 48.2 Å². The zero-order valence-electron chi connectivity index (χ0n) is 20.9. The molecule has 2 N–H and O–H groups in total. The summed E-state index contributed by atoms with van der Waals surface area (Å²) in [6.07, 6.45) is 2.49. The van der Waals surface area contributed by atoms with E-state index in [2.05, 4.69) is 10.0 Å². The Balaban J connectivity index is 1.38. The van der Waals surface area contributed by atoms with Crippen LogP contribution in [0.25, 0.3) is 10.8 Å². The molecule has 0 aromatic heterocycles. The van der Waals surface area contributed by atoms with Crippen LogP contribution in [0, 0.1) is 6.92 Å². The van der Waals surface area contributed by atoms with E-state index < -0.39 is 10.0 Å². The third-order valence-corrected chi connectivity index (χ3v) is 8.92. The summed E-state index contributed by atoms with van der Waals surface area (Å²) in [4.78, 5) is 27.3. The Morgan fingerprint density at radius 2 is 1.59 bits per heavy atom. The topological polar surface area (TPSA) is 105 Å². The molecule has 2 heterocycles. The number of fused-ring (bicyclic) bond motifs is 3. The molecule has 9 heteroatoms. The number of rotatable bonds is 6. The summed E-state index contributed by atoms with van der Waals surface area (Å²) in [5, 5.41) is 4.12. The molecule has 0 saturated carbocycles. The largest absolute Gasteiger partial charge is 0.450 e. The molecule has 2 aliphatic heterocycles. The number of hydrogen-bond donors (Lipinski definition) is 2.